The minimum Gasteiger partial charge on any atom is -0.375 e. The van der Waals surface area contributed by atoms with E-state index in [-0.39, 0.29) is 30.5 Å². The van der Waals surface area contributed by atoms with E-state index in [1.54, 1.807) is 6.92 Å². The van der Waals surface area contributed by atoms with E-state index in [4.69, 9.17) is 18.9 Å². The van der Waals surface area contributed by atoms with Crippen LogP contribution in [0.1, 0.15) is 33.6 Å². The van der Waals surface area contributed by atoms with Crippen LogP contribution in [0.4, 0.5) is 4.39 Å². The molecule has 2 heterocycles. The fourth-order valence-corrected chi connectivity index (χ4v) is 2.43. The first-order chi connectivity index (χ1) is 8.63. The third kappa shape index (κ3) is 3.02. The molecule has 4 nitrogen and oxygen atoms in total. The first-order valence-corrected chi connectivity index (χ1v) is 6.81. The second kappa shape index (κ2) is 6.28. The Morgan fingerprint density at radius 3 is 2.78 bits per heavy atom. The molecule has 0 aromatic rings. The maximum Gasteiger partial charge on any atom is 0.204 e. The third-order valence-electron chi connectivity index (χ3n) is 3.58. The summed E-state index contributed by atoms with van der Waals surface area (Å²) in [5, 5.41) is 0. The van der Waals surface area contributed by atoms with Crippen LogP contribution in [0.15, 0.2) is 0 Å². The monoisotopic (exact) mass is 262 g/mol. The van der Waals surface area contributed by atoms with Gasteiger partial charge in [-0.3, -0.25) is 0 Å². The molecule has 106 valence electrons. The highest BCUT2D eigenvalue weighted by molar-refractivity contribution is 4.91. The van der Waals surface area contributed by atoms with Crippen molar-refractivity contribution < 1.29 is 23.3 Å². The van der Waals surface area contributed by atoms with Crippen molar-refractivity contribution in [3.63, 3.8) is 0 Å². The molecular formula is C13H23FO4. The van der Waals surface area contributed by atoms with Crippen LogP contribution in [0.25, 0.3) is 0 Å². The molecule has 0 spiro atoms. The van der Waals surface area contributed by atoms with Crippen LogP contribution in [-0.4, -0.2) is 44.2 Å². The average molecular weight is 262 g/mol. The molecule has 0 saturated carbocycles. The number of rotatable bonds is 4. The van der Waals surface area contributed by atoms with Gasteiger partial charge in [0.15, 0.2) is 6.29 Å². The van der Waals surface area contributed by atoms with Crippen molar-refractivity contribution >= 4 is 0 Å². The molecular weight excluding hydrogens is 239 g/mol. The van der Waals surface area contributed by atoms with E-state index in [1.165, 1.54) is 0 Å². The number of hydrogen-bond acceptors (Lipinski definition) is 4. The minimum atomic E-state index is -1.31. The van der Waals surface area contributed by atoms with E-state index >= 15 is 0 Å². The molecule has 5 heteroatoms. The standard InChI is InChI=1S/C13H23FO4/c1-4-5-6-15-11-8(2)13(14)18-10-7-16-9(3)17-12(10)11/h8-13H,4-7H2,1-3H3/t8-,9?,10?,11?,12+,13+/m0/s1. The van der Waals surface area contributed by atoms with Crippen molar-refractivity contribution in [1.29, 1.82) is 0 Å². The Bertz CT molecular complexity index is 263. The third-order valence-corrected chi connectivity index (χ3v) is 3.58. The topological polar surface area (TPSA) is 36.9 Å². The number of unbranched alkanes of at least 4 members (excludes halogenated alkanes) is 1. The molecule has 2 saturated heterocycles. The summed E-state index contributed by atoms with van der Waals surface area (Å²) >= 11 is 0. The van der Waals surface area contributed by atoms with Gasteiger partial charge in [-0.1, -0.05) is 20.3 Å². The molecule has 0 N–H and O–H groups in total. The lowest BCUT2D eigenvalue weighted by Crippen LogP contribution is -2.59. The summed E-state index contributed by atoms with van der Waals surface area (Å²) < 4.78 is 36.0. The second-order valence-electron chi connectivity index (χ2n) is 5.08. The molecule has 0 aromatic carbocycles. The maximum atomic E-state index is 13.8. The largest absolute Gasteiger partial charge is 0.375 e. The van der Waals surface area contributed by atoms with Gasteiger partial charge >= 0.3 is 0 Å². The van der Waals surface area contributed by atoms with Gasteiger partial charge in [-0.15, -0.1) is 0 Å². The quantitative estimate of drug-likeness (QED) is 0.728. The maximum absolute atomic E-state index is 13.8. The van der Waals surface area contributed by atoms with Crippen molar-refractivity contribution in [1.82, 2.24) is 0 Å². The molecule has 0 amide bonds. The summed E-state index contributed by atoms with van der Waals surface area (Å²) in [4.78, 5) is 0. The summed E-state index contributed by atoms with van der Waals surface area (Å²) in [7, 11) is 0. The fraction of sp³-hybridized carbons (Fsp3) is 1.00. The smallest absolute Gasteiger partial charge is 0.204 e. The second-order valence-corrected chi connectivity index (χ2v) is 5.08. The summed E-state index contributed by atoms with van der Waals surface area (Å²) in [6, 6.07) is 0. The van der Waals surface area contributed by atoms with Crippen LogP contribution >= 0.6 is 0 Å². The highest BCUT2D eigenvalue weighted by atomic mass is 19.1. The van der Waals surface area contributed by atoms with Crippen molar-refractivity contribution in [3.8, 4) is 0 Å². The molecule has 0 aliphatic carbocycles. The Labute approximate surface area is 108 Å². The van der Waals surface area contributed by atoms with Gasteiger partial charge in [0.2, 0.25) is 6.36 Å². The number of halogens is 1. The number of hydrogen-bond donors (Lipinski definition) is 0. The van der Waals surface area contributed by atoms with E-state index in [2.05, 4.69) is 6.92 Å². The van der Waals surface area contributed by atoms with Gasteiger partial charge in [-0.2, -0.15) is 0 Å². The predicted molar refractivity (Wildman–Crippen MR) is 63.9 cm³/mol. The molecule has 0 bridgehead atoms. The molecule has 0 radical (unpaired) electrons. The van der Waals surface area contributed by atoms with Crippen molar-refractivity contribution in [2.75, 3.05) is 13.2 Å². The Morgan fingerprint density at radius 2 is 2.06 bits per heavy atom. The van der Waals surface area contributed by atoms with Crippen LogP contribution in [0.2, 0.25) is 0 Å². The molecule has 3 unspecified atom stereocenters. The van der Waals surface area contributed by atoms with E-state index in [9.17, 15) is 4.39 Å². The molecule has 2 aliphatic rings. The Morgan fingerprint density at radius 1 is 1.28 bits per heavy atom. The van der Waals surface area contributed by atoms with Gasteiger partial charge in [0.25, 0.3) is 0 Å². The van der Waals surface area contributed by atoms with Gasteiger partial charge in [-0.25, -0.2) is 4.39 Å². The first kappa shape index (κ1) is 14.2. The van der Waals surface area contributed by atoms with Crippen LogP contribution in [0.3, 0.4) is 0 Å². The fourth-order valence-electron chi connectivity index (χ4n) is 2.43. The van der Waals surface area contributed by atoms with Crippen LogP contribution in [-0.2, 0) is 18.9 Å². The highest BCUT2D eigenvalue weighted by Gasteiger charge is 2.48. The lowest BCUT2D eigenvalue weighted by Gasteiger charge is -2.46. The van der Waals surface area contributed by atoms with Gasteiger partial charge in [0, 0.05) is 12.5 Å². The Hall–Kier alpha value is -0.230. The van der Waals surface area contributed by atoms with Gasteiger partial charge in [-0.05, 0) is 13.3 Å². The average Bonchev–Trinajstić information content (AvgIpc) is 2.35. The SMILES string of the molecule is CCCCOC1[C@@H]2OC(C)OCC2O[C@@H](F)[C@H]1C. The minimum absolute atomic E-state index is 0.229. The van der Waals surface area contributed by atoms with E-state index in [1.807, 2.05) is 6.92 Å². The van der Waals surface area contributed by atoms with Crippen molar-refractivity contribution in [2.45, 2.75) is 64.6 Å². The summed E-state index contributed by atoms with van der Waals surface area (Å²) in [5.74, 6) is -0.312. The lowest BCUT2D eigenvalue weighted by atomic mass is 9.92. The zero-order valence-electron chi connectivity index (χ0n) is 11.3. The van der Waals surface area contributed by atoms with Crippen LogP contribution in [0, 0.1) is 5.92 Å². The molecule has 2 aliphatic heterocycles. The summed E-state index contributed by atoms with van der Waals surface area (Å²) in [6.07, 6.45) is -0.396. The first-order valence-electron chi connectivity index (χ1n) is 6.81. The Balaban J connectivity index is 2.00. The zero-order chi connectivity index (χ0) is 13.1. The number of alkyl halides is 1. The number of fused-ring (bicyclic) bond motifs is 1. The van der Waals surface area contributed by atoms with Crippen LogP contribution < -0.4 is 0 Å². The molecule has 6 atom stereocenters. The predicted octanol–water partition coefficient (Wildman–Crippen LogP) is 2.26. The van der Waals surface area contributed by atoms with Crippen LogP contribution in [0.5, 0.6) is 0 Å². The van der Waals surface area contributed by atoms with Gasteiger partial charge in [0.05, 0.1) is 12.7 Å². The van der Waals surface area contributed by atoms with E-state index in [0.717, 1.165) is 12.8 Å². The normalized spacial score (nSPS) is 44.7. The lowest BCUT2D eigenvalue weighted by molar-refractivity contribution is -0.332. The Kier molecular flexibility index (Phi) is 4.95. The van der Waals surface area contributed by atoms with Crippen molar-refractivity contribution in [3.05, 3.63) is 0 Å². The zero-order valence-corrected chi connectivity index (χ0v) is 11.3. The number of ether oxygens (including phenoxy) is 4. The molecule has 18 heavy (non-hydrogen) atoms. The highest BCUT2D eigenvalue weighted by Crippen LogP contribution is 2.34. The van der Waals surface area contributed by atoms with Gasteiger partial charge < -0.3 is 18.9 Å². The summed E-state index contributed by atoms with van der Waals surface area (Å²) in [5.41, 5.74) is 0. The molecule has 2 fully saturated rings. The van der Waals surface area contributed by atoms with Gasteiger partial charge in [0.1, 0.15) is 12.2 Å². The molecule has 0 aromatic heterocycles. The molecule has 2 rings (SSSR count). The van der Waals surface area contributed by atoms with Crippen molar-refractivity contribution in [2.24, 2.45) is 5.92 Å². The van der Waals surface area contributed by atoms with E-state index in [0.29, 0.717) is 13.2 Å². The summed E-state index contributed by atoms with van der Waals surface area (Å²) in [6.45, 7) is 6.75. The van der Waals surface area contributed by atoms with E-state index < -0.39 is 6.36 Å².